The van der Waals surface area contributed by atoms with Crippen molar-refractivity contribution in [2.75, 3.05) is 36.5 Å². The van der Waals surface area contributed by atoms with E-state index in [-0.39, 0.29) is 37.0 Å². The number of rotatable bonds is 6. The second-order valence-corrected chi connectivity index (χ2v) is 12.1. The van der Waals surface area contributed by atoms with E-state index in [1.807, 2.05) is 0 Å². The maximum Gasteiger partial charge on any atom is 0.397 e. The molecule has 2 aromatic rings. The zero-order chi connectivity index (χ0) is 26.0. The first-order valence-electron chi connectivity index (χ1n) is 10.6. The monoisotopic (exact) mass is 526 g/mol. The number of sulfonamides is 1. The van der Waals surface area contributed by atoms with Crippen LogP contribution in [0.5, 0.6) is 17.2 Å². The Bertz CT molecular complexity index is 1330. The Kier molecular flexibility index (Phi) is 7.72. The number of hydrogen-bond donors (Lipinski definition) is 2. The normalized spacial score (nSPS) is 15.9. The molecule has 1 saturated heterocycles. The topological polar surface area (TPSA) is 156 Å². The summed E-state index contributed by atoms with van der Waals surface area (Å²) in [4.78, 5) is 23.0. The quantitative estimate of drug-likeness (QED) is 0.422. The van der Waals surface area contributed by atoms with Crippen LogP contribution in [0.25, 0.3) is 0 Å². The van der Waals surface area contributed by atoms with E-state index < -0.39 is 42.4 Å². The van der Waals surface area contributed by atoms with Crippen LogP contribution in [0.4, 0.5) is 5.69 Å². The van der Waals surface area contributed by atoms with Gasteiger partial charge in [-0.2, -0.15) is 4.31 Å². The summed E-state index contributed by atoms with van der Waals surface area (Å²) >= 11 is 0. The lowest BCUT2D eigenvalue weighted by atomic mass is 10.1. The van der Waals surface area contributed by atoms with Crippen molar-refractivity contribution in [3.8, 4) is 17.2 Å². The van der Waals surface area contributed by atoms with Crippen LogP contribution in [-0.4, -0.2) is 69.3 Å². The van der Waals surface area contributed by atoms with E-state index in [1.54, 1.807) is 32.9 Å². The second-order valence-electron chi connectivity index (χ2n) is 7.90. The summed E-state index contributed by atoms with van der Waals surface area (Å²) in [6.45, 7) is 4.66. The van der Waals surface area contributed by atoms with Gasteiger partial charge < -0.3 is 19.9 Å². The van der Waals surface area contributed by atoms with E-state index in [2.05, 4.69) is 10.1 Å². The highest BCUT2D eigenvalue weighted by molar-refractivity contribution is 7.92. The molecule has 0 aliphatic carbocycles. The lowest BCUT2D eigenvalue weighted by Gasteiger charge is -2.26. The number of esters is 1. The van der Waals surface area contributed by atoms with E-state index in [1.165, 1.54) is 18.2 Å². The molecule has 1 aliphatic heterocycles. The van der Waals surface area contributed by atoms with Gasteiger partial charge in [-0.05, 0) is 56.2 Å². The molecule has 13 heteroatoms. The highest BCUT2D eigenvalue weighted by Gasteiger charge is 2.33. The summed E-state index contributed by atoms with van der Waals surface area (Å²) < 4.78 is 61.0. The Balaban J connectivity index is 1.84. The summed E-state index contributed by atoms with van der Waals surface area (Å²) in [5.41, 5.74) is 1.52. The number of amides is 1. The molecule has 1 heterocycles. The molecule has 35 heavy (non-hydrogen) atoms. The van der Waals surface area contributed by atoms with E-state index in [0.29, 0.717) is 22.6 Å². The third-order valence-corrected chi connectivity index (χ3v) is 8.79. The largest absolute Gasteiger partial charge is 0.507 e. The number of carbonyl (C=O) groups is 2. The average Bonchev–Trinajstić information content (AvgIpc) is 2.77. The minimum Gasteiger partial charge on any atom is -0.507 e. The van der Waals surface area contributed by atoms with Crippen LogP contribution in [-0.2, 0) is 34.2 Å². The molecule has 1 fully saturated rings. The number of sulfone groups is 1. The van der Waals surface area contributed by atoms with Crippen LogP contribution in [0, 0.1) is 13.8 Å². The fourth-order valence-electron chi connectivity index (χ4n) is 3.52. The summed E-state index contributed by atoms with van der Waals surface area (Å²) in [5, 5.41) is 12.7. The van der Waals surface area contributed by atoms with Gasteiger partial charge in [0.2, 0.25) is 10.0 Å². The average molecular weight is 527 g/mol. The van der Waals surface area contributed by atoms with E-state index >= 15 is 0 Å². The first-order valence-corrected chi connectivity index (χ1v) is 13.9. The van der Waals surface area contributed by atoms with Gasteiger partial charge in [-0.15, -0.1) is 0 Å². The predicted octanol–water partition coefficient (Wildman–Crippen LogP) is 1.72. The molecule has 0 bridgehead atoms. The third kappa shape index (κ3) is 6.10. The first kappa shape index (κ1) is 26.4. The molecule has 11 nitrogen and oxygen atoms in total. The van der Waals surface area contributed by atoms with Gasteiger partial charge in [0, 0.05) is 24.8 Å². The number of aromatic hydroxyl groups is 1. The molecule has 0 aromatic heterocycles. The van der Waals surface area contributed by atoms with E-state index in [9.17, 15) is 31.5 Å². The van der Waals surface area contributed by atoms with Gasteiger partial charge >= 0.3 is 11.9 Å². The van der Waals surface area contributed by atoms with Gasteiger partial charge in [-0.25, -0.2) is 21.6 Å². The van der Waals surface area contributed by atoms with E-state index in [4.69, 9.17) is 4.74 Å². The minimum atomic E-state index is -4.16. The first-order chi connectivity index (χ1) is 16.3. The zero-order valence-electron chi connectivity index (χ0n) is 19.4. The SMILES string of the molecule is CCOC(=O)C(=O)Nc1cc(C)c(Oc2ccc(O)c(S(=O)(=O)N3CCS(=O)(=O)CC3)c2)c(C)c1. The Morgan fingerprint density at radius 3 is 2.26 bits per heavy atom. The van der Waals surface area contributed by atoms with Crippen LogP contribution in [0.2, 0.25) is 0 Å². The van der Waals surface area contributed by atoms with Gasteiger partial charge in [0.15, 0.2) is 9.84 Å². The second kappa shape index (κ2) is 10.2. The molecule has 1 amide bonds. The van der Waals surface area contributed by atoms with Crippen molar-refractivity contribution in [2.24, 2.45) is 0 Å². The van der Waals surface area contributed by atoms with Crippen molar-refractivity contribution in [3.05, 3.63) is 41.5 Å². The molecule has 190 valence electrons. The molecule has 0 unspecified atom stereocenters. The molecule has 1 aliphatic rings. The fraction of sp³-hybridized carbons (Fsp3) is 0.364. The smallest absolute Gasteiger partial charge is 0.397 e. The number of nitrogens with one attached hydrogen (secondary N) is 1. The maximum atomic E-state index is 13.0. The number of hydrogen-bond acceptors (Lipinski definition) is 9. The highest BCUT2D eigenvalue weighted by Crippen LogP contribution is 2.35. The number of carbonyl (C=O) groups excluding carboxylic acids is 2. The summed E-state index contributed by atoms with van der Waals surface area (Å²) in [7, 11) is -7.45. The molecule has 2 aromatic carbocycles. The van der Waals surface area contributed by atoms with Crippen LogP contribution in [0.1, 0.15) is 18.1 Å². The molecule has 3 rings (SSSR count). The summed E-state index contributed by atoms with van der Waals surface area (Å²) in [5.74, 6) is -2.49. The van der Waals surface area contributed by atoms with Crippen LogP contribution < -0.4 is 10.1 Å². The highest BCUT2D eigenvalue weighted by atomic mass is 32.2. The molecular formula is C22H26N2O9S2. The molecule has 0 saturated carbocycles. The van der Waals surface area contributed by atoms with Crippen molar-refractivity contribution in [2.45, 2.75) is 25.7 Å². The van der Waals surface area contributed by atoms with Crippen molar-refractivity contribution in [1.82, 2.24) is 4.31 Å². The molecule has 0 atom stereocenters. The third-order valence-electron chi connectivity index (χ3n) is 5.25. The Morgan fingerprint density at radius 2 is 1.69 bits per heavy atom. The predicted molar refractivity (Wildman–Crippen MR) is 127 cm³/mol. The standard InChI is InChI=1S/C22H26N2O9S2/c1-4-32-22(27)21(26)23-16-11-14(2)20(15(3)12-16)33-17-5-6-18(25)19(13-17)35(30,31)24-7-9-34(28,29)10-8-24/h5-6,11-13,25H,4,7-10H2,1-3H3,(H,23,26). The van der Waals surface area contributed by atoms with Gasteiger partial charge in [-0.3, -0.25) is 4.79 Å². The van der Waals surface area contributed by atoms with Gasteiger partial charge in [-0.1, -0.05) is 0 Å². The maximum absolute atomic E-state index is 13.0. The number of benzene rings is 2. The lowest BCUT2D eigenvalue weighted by molar-refractivity contribution is -0.152. The van der Waals surface area contributed by atoms with Gasteiger partial charge in [0.1, 0.15) is 22.1 Å². The Morgan fingerprint density at radius 1 is 1.09 bits per heavy atom. The zero-order valence-corrected chi connectivity index (χ0v) is 21.0. The Labute approximate surface area is 203 Å². The number of ether oxygens (including phenoxy) is 2. The lowest BCUT2D eigenvalue weighted by Crippen LogP contribution is -2.43. The number of nitrogens with zero attached hydrogens (tertiary/aromatic N) is 1. The fourth-order valence-corrected chi connectivity index (χ4v) is 6.49. The molecule has 0 radical (unpaired) electrons. The van der Waals surface area contributed by atoms with Gasteiger partial charge in [0.25, 0.3) is 0 Å². The van der Waals surface area contributed by atoms with Gasteiger partial charge in [0.05, 0.1) is 18.1 Å². The van der Waals surface area contributed by atoms with Crippen molar-refractivity contribution < 1.29 is 41.0 Å². The summed E-state index contributed by atoms with van der Waals surface area (Å²) in [6, 6.07) is 6.90. The Hall–Kier alpha value is -3.16. The number of phenolic OH excluding ortho intramolecular Hbond substituents is 1. The molecular weight excluding hydrogens is 500 g/mol. The number of phenols is 1. The van der Waals surface area contributed by atoms with Crippen molar-refractivity contribution in [3.63, 3.8) is 0 Å². The summed E-state index contributed by atoms with van der Waals surface area (Å²) in [6.07, 6.45) is 0. The van der Waals surface area contributed by atoms with Crippen molar-refractivity contribution >= 4 is 37.4 Å². The number of aryl methyl sites for hydroxylation is 2. The minimum absolute atomic E-state index is 0.0677. The molecule has 2 N–H and O–H groups in total. The van der Waals surface area contributed by atoms with Crippen LogP contribution in [0.15, 0.2) is 35.2 Å². The van der Waals surface area contributed by atoms with E-state index in [0.717, 1.165) is 4.31 Å². The number of anilines is 1. The van der Waals surface area contributed by atoms with Crippen LogP contribution in [0.3, 0.4) is 0 Å². The van der Waals surface area contributed by atoms with Crippen molar-refractivity contribution in [1.29, 1.82) is 0 Å². The van der Waals surface area contributed by atoms with Crippen LogP contribution >= 0.6 is 0 Å². The molecule has 0 spiro atoms.